The fourth-order valence-corrected chi connectivity index (χ4v) is 3.24. The number of piperidine rings is 2. The average molecular weight is 318 g/mol. The number of nitrogens with zero attached hydrogens (tertiary/aromatic N) is 4. The minimum atomic E-state index is -0.0195. The zero-order chi connectivity index (χ0) is 16.1. The van der Waals surface area contributed by atoms with Crippen molar-refractivity contribution in [3.63, 3.8) is 0 Å². The molecule has 1 aromatic heterocycles. The molecule has 2 N–H and O–H groups in total. The van der Waals surface area contributed by atoms with Gasteiger partial charge in [-0.15, -0.1) is 0 Å². The van der Waals surface area contributed by atoms with Gasteiger partial charge in [0, 0.05) is 37.6 Å². The first-order chi connectivity index (χ1) is 11.2. The first kappa shape index (κ1) is 16.0. The highest BCUT2D eigenvalue weighted by molar-refractivity contribution is 5.74. The normalized spacial score (nSPS) is 21.2. The van der Waals surface area contributed by atoms with Gasteiger partial charge in [0.15, 0.2) is 0 Å². The Bertz CT molecular complexity index is 495. The van der Waals surface area contributed by atoms with Crippen molar-refractivity contribution in [1.82, 2.24) is 25.5 Å². The maximum absolute atomic E-state index is 12.1. The highest BCUT2D eigenvalue weighted by atomic mass is 16.2. The van der Waals surface area contributed by atoms with Crippen LogP contribution in [0.3, 0.4) is 0 Å². The summed E-state index contributed by atoms with van der Waals surface area (Å²) in [5.74, 6) is 0.779. The lowest BCUT2D eigenvalue weighted by molar-refractivity contribution is 0.209. The van der Waals surface area contributed by atoms with Crippen LogP contribution in [0.2, 0.25) is 0 Å². The predicted octanol–water partition coefficient (Wildman–Crippen LogP) is 0.839. The highest BCUT2D eigenvalue weighted by Gasteiger charge is 2.23. The molecule has 0 radical (unpaired) electrons. The molecule has 0 spiro atoms. The second-order valence-corrected chi connectivity index (χ2v) is 6.51. The van der Waals surface area contributed by atoms with Crippen molar-refractivity contribution in [2.24, 2.45) is 0 Å². The van der Waals surface area contributed by atoms with Crippen molar-refractivity contribution >= 4 is 12.0 Å². The third-order valence-corrected chi connectivity index (χ3v) is 4.72. The summed E-state index contributed by atoms with van der Waals surface area (Å²) >= 11 is 0. The van der Waals surface area contributed by atoms with Gasteiger partial charge in [0.2, 0.25) is 5.95 Å². The van der Waals surface area contributed by atoms with Gasteiger partial charge in [-0.1, -0.05) is 0 Å². The molecule has 1 aromatic rings. The first-order valence-electron chi connectivity index (χ1n) is 8.48. The maximum atomic E-state index is 12.1. The summed E-state index contributed by atoms with van der Waals surface area (Å²) in [6.07, 6.45) is 7.46. The molecule has 0 aromatic carbocycles. The van der Waals surface area contributed by atoms with E-state index in [2.05, 4.69) is 37.4 Å². The summed E-state index contributed by atoms with van der Waals surface area (Å²) in [6.45, 7) is 3.87. The van der Waals surface area contributed by atoms with Crippen molar-refractivity contribution in [3.8, 4) is 0 Å². The Labute approximate surface area is 137 Å². The van der Waals surface area contributed by atoms with Gasteiger partial charge in [-0.2, -0.15) is 0 Å². The topological polar surface area (TPSA) is 73.4 Å². The summed E-state index contributed by atoms with van der Waals surface area (Å²) in [6, 6.07) is 2.35. The van der Waals surface area contributed by atoms with E-state index in [1.165, 1.54) is 0 Å². The molecule has 2 amide bonds. The molecule has 2 aliphatic heterocycles. The molecule has 2 aliphatic rings. The molecule has 0 saturated carbocycles. The molecule has 0 bridgehead atoms. The van der Waals surface area contributed by atoms with Crippen molar-refractivity contribution < 1.29 is 4.79 Å². The van der Waals surface area contributed by atoms with Crippen LogP contribution in [0.1, 0.15) is 25.7 Å². The van der Waals surface area contributed by atoms with Crippen LogP contribution in [0.25, 0.3) is 0 Å². The Kier molecular flexibility index (Phi) is 5.27. The lowest BCUT2D eigenvalue weighted by Crippen LogP contribution is -2.52. The standard InChI is InChI=1S/C16H26N6O/c1-21-9-3-13(4-10-21)19-16(23)20-14-5-11-22(12-6-14)15-17-7-2-8-18-15/h2,7-8,13-14H,3-6,9-12H2,1H3,(H2,19,20,23). The van der Waals surface area contributed by atoms with E-state index in [-0.39, 0.29) is 12.1 Å². The smallest absolute Gasteiger partial charge is 0.315 e. The number of carbonyl (C=O) groups is 1. The predicted molar refractivity (Wildman–Crippen MR) is 89.5 cm³/mol. The summed E-state index contributed by atoms with van der Waals surface area (Å²) < 4.78 is 0. The number of rotatable bonds is 3. The van der Waals surface area contributed by atoms with Gasteiger partial charge in [-0.25, -0.2) is 14.8 Å². The van der Waals surface area contributed by atoms with E-state index in [0.717, 1.165) is 57.8 Å². The number of carbonyl (C=O) groups excluding carboxylic acids is 1. The molecular weight excluding hydrogens is 292 g/mol. The lowest BCUT2D eigenvalue weighted by Gasteiger charge is -2.33. The Morgan fingerprint density at radius 2 is 1.52 bits per heavy atom. The minimum absolute atomic E-state index is 0.0195. The van der Waals surface area contributed by atoms with Gasteiger partial charge in [0.05, 0.1) is 0 Å². The number of hydrogen-bond donors (Lipinski definition) is 2. The van der Waals surface area contributed by atoms with E-state index in [0.29, 0.717) is 6.04 Å². The fraction of sp³-hybridized carbons (Fsp3) is 0.688. The Hall–Kier alpha value is -1.89. The number of aromatic nitrogens is 2. The van der Waals surface area contributed by atoms with Gasteiger partial charge in [-0.3, -0.25) is 0 Å². The maximum Gasteiger partial charge on any atom is 0.315 e. The molecule has 3 rings (SSSR count). The third kappa shape index (κ3) is 4.54. The summed E-state index contributed by atoms with van der Waals surface area (Å²) in [7, 11) is 2.13. The van der Waals surface area contributed by atoms with E-state index in [9.17, 15) is 4.79 Å². The molecule has 2 saturated heterocycles. The van der Waals surface area contributed by atoms with E-state index in [1.54, 1.807) is 12.4 Å². The van der Waals surface area contributed by atoms with E-state index >= 15 is 0 Å². The van der Waals surface area contributed by atoms with Crippen molar-refractivity contribution in [3.05, 3.63) is 18.5 Å². The zero-order valence-electron chi connectivity index (χ0n) is 13.7. The largest absolute Gasteiger partial charge is 0.341 e. The summed E-state index contributed by atoms with van der Waals surface area (Å²) in [5, 5.41) is 6.23. The molecule has 3 heterocycles. The first-order valence-corrected chi connectivity index (χ1v) is 8.48. The number of amides is 2. The van der Waals surface area contributed by atoms with Crippen LogP contribution in [-0.2, 0) is 0 Å². The highest BCUT2D eigenvalue weighted by Crippen LogP contribution is 2.15. The van der Waals surface area contributed by atoms with Gasteiger partial charge in [0.1, 0.15) is 0 Å². The van der Waals surface area contributed by atoms with Gasteiger partial charge in [0.25, 0.3) is 0 Å². The molecule has 0 aliphatic carbocycles. The second kappa shape index (κ2) is 7.59. The Morgan fingerprint density at radius 1 is 1.00 bits per heavy atom. The van der Waals surface area contributed by atoms with Gasteiger partial charge >= 0.3 is 6.03 Å². The Balaban J connectivity index is 1.39. The molecule has 7 heteroatoms. The van der Waals surface area contributed by atoms with Crippen LogP contribution >= 0.6 is 0 Å². The van der Waals surface area contributed by atoms with Crippen molar-refractivity contribution in [2.75, 3.05) is 38.1 Å². The molecular formula is C16H26N6O. The number of anilines is 1. The number of likely N-dealkylation sites (tertiary alicyclic amines) is 1. The van der Waals surface area contributed by atoms with Crippen LogP contribution in [0.5, 0.6) is 0 Å². The molecule has 7 nitrogen and oxygen atoms in total. The number of urea groups is 1. The van der Waals surface area contributed by atoms with E-state index in [1.807, 2.05) is 6.07 Å². The monoisotopic (exact) mass is 318 g/mol. The van der Waals surface area contributed by atoms with Crippen molar-refractivity contribution in [2.45, 2.75) is 37.8 Å². The molecule has 126 valence electrons. The second-order valence-electron chi connectivity index (χ2n) is 6.51. The van der Waals surface area contributed by atoms with Crippen LogP contribution in [0.4, 0.5) is 10.7 Å². The summed E-state index contributed by atoms with van der Waals surface area (Å²) in [5.41, 5.74) is 0. The van der Waals surface area contributed by atoms with Crippen LogP contribution in [0.15, 0.2) is 18.5 Å². The SMILES string of the molecule is CN1CCC(NC(=O)NC2CCN(c3ncccn3)CC2)CC1. The van der Waals surface area contributed by atoms with Crippen LogP contribution in [-0.4, -0.2) is 66.2 Å². The lowest BCUT2D eigenvalue weighted by atomic mass is 10.0. The average Bonchev–Trinajstić information content (AvgIpc) is 2.58. The fourth-order valence-electron chi connectivity index (χ4n) is 3.24. The molecule has 2 fully saturated rings. The number of nitrogens with one attached hydrogen (secondary N) is 2. The minimum Gasteiger partial charge on any atom is -0.341 e. The molecule has 23 heavy (non-hydrogen) atoms. The third-order valence-electron chi connectivity index (χ3n) is 4.72. The van der Waals surface area contributed by atoms with E-state index < -0.39 is 0 Å². The quantitative estimate of drug-likeness (QED) is 0.864. The molecule has 0 unspecified atom stereocenters. The van der Waals surface area contributed by atoms with Crippen LogP contribution < -0.4 is 15.5 Å². The van der Waals surface area contributed by atoms with Crippen LogP contribution in [0, 0.1) is 0 Å². The van der Waals surface area contributed by atoms with Gasteiger partial charge < -0.3 is 20.4 Å². The van der Waals surface area contributed by atoms with Gasteiger partial charge in [-0.05, 0) is 51.9 Å². The molecule has 0 atom stereocenters. The Morgan fingerprint density at radius 3 is 2.09 bits per heavy atom. The number of hydrogen-bond acceptors (Lipinski definition) is 5. The van der Waals surface area contributed by atoms with Crippen molar-refractivity contribution in [1.29, 1.82) is 0 Å². The summed E-state index contributed by atoms with van der Waals surface area (Å²) in [4.78, 5) is 25.2. The zero-order valence-corrected chi connectivity index (χ0v) is 13.7. The van der Waals surface area contributed by atoms with E-state index in [4.69, 9.17) is 0 Å².